The number of benzene rings is 2. The maximum atomic E-state index is 12.7. The van der Waals surface area contributed by atoms with Gasteiger partial charge in [0.05, 0.1) is 15.5 Å². The van der Waals surface area contributed by atoms with Crippen LogP contribution in [0.2, 0.25) is 5.02 Å². The average Bonchev–Trinajstić information content (AvgIpc) is 2.67. The Morgan fingerprint density at radius 3 is 2.14 bits per heavy atom. The molecule has 2 aromatic carbocycles. The van der Waals surface area contributed by atoms with Gasteiger partial charge in [0.2, 0.25) is 10.0 Å². The zero-order chi connectivity index (χ0) is 21.6. The van der Waals surface area contributed by atoms with Crippen molar-refractivity contribution in [2.75, 3.05) is 27.2 Å². The number of sulfonamides is 1. The zero-order valence-corrected chi connectivity index (χ0v) is 18.8. The van der Waals surface area contributed by atoms with Gasteiger partial charge in [0, 0.05) is 26.2 Å². The highest BCUT2D eigenvalue weighted by molar-refractivity contribution is 7.89. The summed E-state index contributed by atoms with van der Waals surface area (Å²) >= 11 is 6.17. The maximum absolute atomic E-state index is 12.7. The second-order valence-corrected chi connectivity index (χ2v) is 9.31. The van der Waals surface area contributed by atoms with Gasteiger partial charge in [0.1, 0.15) is 0 Å². The molecule has 0 unspecified atom stereocenters. The van der Waals surface area contributed by atoms with E-state index in [0.717, 1.165) is 12.1 Å². The molecule has 0 aliphatic rings. The molecule has 0 aromatic heterocycles. The quantitative estimate of drug-likeness (QED) is 0.653. The van der Waals surface area contributed by atoms with Crippen LogP contribution in [-0.2, 0) is 23.1 Å². The smallest absolute Gasteiger partial charge is 0.253 e. The van der Waals surface area contributed by atoms with E-state index in [1.54, 1.807) is 13.8 Å². The molecule has 0 spiro atoms. The Balaban J connectivity index is 2.15. The second-order valence-electron chi connectivity index (χ2n) is 6.97. The van der Waals surface area contributed by atoms with E-state index in [1.165, 1.54) is 28.1 Å². The van der Waals surface area contributed by atoms with E-state index >= 15 is 0 Å². The molecule has 158 valence electrons. The summed E-state index contributed by atoms with van der Waals surface area (Å²) in [6.07, 6.45) is 0. The van der Waals surface area contributed by atoms with E-state index in [1.807, 2.05) is 38.4 Å². The average molecular weight is 438 g/mol. The fraction of sp³-hybridized carbons (Fsp3) is 0.381. The maximum Gasteiger partial charge on any atom is 0.253 e. The second kappa shape index (κ2) is 10.2. The van der Waals surface area contributed by atoms with Gasteiger partial charge in [0.25, 0.3) is 5.91 Å². The lowest BCUT2D eigenvalue weighted by molar-refractivity contribution is 0.0951. The molecule has 0 saturated heterocycles. The summed E-state index contributed by atoms with van der Waals surface area (Å²) in [5.41, 5.74) is 2.27. The van der Waals surface area contributed by atoms with Gasteiger partial charge < -0.3 is 10.2 Å². The summed E-state index contributed by atoms with van der Waals surface area (Å²) in [5, 5.41) is 3.02. The largest absolute Gasteiger partial charge is 0.348 e. The van der Waals surface area contributed by atoms with E-state index in [2.05, 4.69) is 10.2 Å². The van der Waals surface area contributed by atoms with Crippen molar-refractivity contribution in [1.29, 1.82) is 0 Å². The van der Waals surface area contributed by atoms with Crippen LogP contribution in [0, 0.1) is 0 Å². The van der Waals surface area contributed by atoms with E-state index in [9.17, 15) is 13.2 Å². The molecule has 2 aromatic rings. The summed E-state index contributed by atoms with van der Waals surface area (Å²) < 4.78 is 26.8. The number of hydrogen-bond acceptors (Lipinski definition) is 4. The van der Waals surface area contributed by atoms with Crippen LogP contribution in [0.25, 0.3) is 0 Å². The first-order valence-corrected chi connectivity index (χ1v) is 11.3. The van der Waals surface area contributed by atoms with Crippen molar-refractivity contribution < 1.29 is 13.2 Å². The molecule has 6 nitrogen and oxygen atoms in total. The van der Waals surface area contributed by atoms with Crippen molar-refractivity contribution in [2.45, 2.75) is 31.8 Å². The first-order chi connectivity index (χ1) is 13.7. The van der Waals surface area contributed by atoms with Crippen LogP contribution in [0.1, 0.15) is 35.3 Å². The lowest BCUT2D eigenvalue weighted by atomic mass is 10.1. The predicted octanol–water partition coefficient (Wildman–Crippen LogP) is 3.36. The molecule has 8 heteroatoms. The molecule has 0 radical (unpaired) electrons. The Hall–Kier alpha value is -1.93. The molecule has 1 N–H and O–H groups in total. The monoisotopic (exact) mass is 437 g/mol. The van der Waals surface area contributed by atoms with Crippen LogP contribution in [0.3, 0.4) is 0 Å². The summed E-state index contributed by atoms with van der Waals surface area (Å²) in [6.45, 7) is 5.42. The van der Waals surface area contributed by atoms with Gasteiger partial charge in [0.15, 0.2) is 0 Å². The number of hydrogen-bond donors (Lipinski definition) is 1. The zero-order valence-electron chi connectivity index (χ0n) is 17.3. The van der Waals surface area contributed by atoms with Crippen LogP contribution in [-0.4, -0.2) is 50.7 Å². The van der Waals surface area contributed by atoms with Crippen molar-refractivity contribution in [3.8, 4) is 0 Å². The van der Waals surface area contributed by atoms with Gasteiger partial charge in [-0.1, -0.05) is 49.7 Å². The Kier molecular flexibility index (Phi) is 8.22. The van der Waals surface area contributed by atoms with Crippen molar-refractivity contribution in [3.05, 3.63) is 64.2 Å². The number of carbonyl (C=O) groups excluding carboxylic acids is 1. The molecule has 29 heavy (non-hydrogen) atoms. The van der Waals surface area contributed by atoms with Gasteiger partial charge in [-0.15, -0.1) is 0 Å². The Morgan fingerprint density at radius 1 is 1.00 bits per heavy atom. The molecule has 0 heterocycles. The third-order valence-corrected chi connectivity index (χ3v) is 6.88. The Morgan fingerprint density at radius 2 is 1.59 bits per heavy atom. The van der Waals surface area contributed by atoms with E-state index in [0.29, 0.717) is 19.6 Å². The Labute approximate surface area is 178 Å². The molecule has 0 bridgehead atoms. The lowest BCUT2D eigenvalue weighted by Gasteiger charge is -2.19. The summed E-state index contributed by atoms with van der Waals surface area (Å²) in [5.74, 6) is -0.413. The topological polar surface area (TPSA) is 69.7 Å². The molecule has 0 saturated carbocycles. The summed E-state index contributed by atoms with van der Waals surface area (Å²) in [4.78, 5) is 14.8. The van der Waals surface area contributed by atoms with Gasteiger partial charge in [-0.25, -0.2) is 8.42 Å². The molecular formula is C21H28ClN3O3S. The molecule has 2 rings (SSSR count). The fourth-order valence-electron chi connectivity index (χ4n) is 2.96. The first-order valence-electron chi connectivity index (χ1n) is 9.49. The van der Waals surface area contributed by atoms with Crippen LogP contribution >= 0.6 is 11.6 Å². The van der Waals surface area contributed by atoms with Gasteiger partial charge in [-0.3, -0.25) is 4.79 Å². The minimum atomic E-state index is -3.67. The molecule has 0 fully saturated rings. The van der Waals surface area contributed by atoms with E-state index < -0.39 is 15.9 Å². The highest BCUT2D eigenvalue weighted by Crippen LogP contribution is 2.23. The molecule has 0 atom stereocenters. The van der Waals surface area contributed by atoms with E-state index in [4.69, 9.17) is 11.6 Å². The van der Waals surface area contributed by atoms with Crippen LogP contribution < -0.4 is 5.32 Å². The standard InChI is InChI=1S/C21H28ClN3O3S/c1-5-25(6-2)29(27,28)18-11-12-20(22)19(13-18)21(26)23-14-16-7-9-17(10-8-16)15-24(3)4/h7-13H,5-6,14-15H2,1-4H3,(H,23,26). The van der Waals surface area contributed by atoms with Crippen LogP contribution in [0.5, 0.6) is 0 Å². The normalized spacial score (nSPS) is 11.8. The van der Waals surface area contributed by atoms with Crippen molar-refractivity contribution in [2.24, 2.45) is 0 Å². The minimum absolute atomic E-state index is 0.0591. The highest BCUT2D eigenvalue weighted by atomic mass is 35.5. The number of nitrogens with zero attached hydrogens (tertiary/aromatic N) is 2. The highest BCUT2D eigenvalue weighted by Gasteiger charge is 2.23. The van der Waals surface area contributed by atoms with Crippen LogP contribution in [0.15, 0.2) is 47.4 Å². The lowest BCUT2D eigenvalue weighted by Crippen LogP contribution is -2.31. The number of amides is 1. The number of halogens is 1. The third-order valence-electron chi connectivity index (χ3n) is 4.50. The van der Waals surface area contributed by atoms with Crippen molar-refractivity contribution >= 4 is 27.5 Å². The van der Waals surface area contributed by atoms with Gasteiger partial charge >= 0.3 is 0 Å². The molecular weight excluding hydrogens is 410 g/mol. The van der Waals surface area contributed by atoms with Gasteiger partial charge in [-0.05, 0) is 43.4 Å². The minimum Gasteiger partial charge on any atom is -0.348 e. The van der Waals surface area contributed by atoms with Gasteiger partial charge in [-0.2, -0.15) is 4.31 Å². The summed E-state index contributed by atoms with van der Waals surface area (Å²) in [6, 6.07) is 12.2. The third kappa shape index (κ3) is 6.02. The SMILES string of the molecule is CCN(CC)S(=O)(=O)c1ccc(Cl)c(C(=O)NCc2ccc(CN(C)C)cc2)c1. The number of carbonyl (C=O) groups is 1. The molecule has 0 aliphatic carbocycles. The Bertz CT molecular complexity index is 940. The summed E-state index contributed by atoms with van der Waals surface area (Å²) in [7, 11) is 0.348. The molecule has 1 amide bonds. The molecule has 0 aliphatic heterocycles. The number of rotatable bonds is 9. The van der Waals surface area contributed by atoms with Crippen molar-refractivity contribution in [3.63, 3.8) is 0 Å². The predicted molar refractivity (Wildman–Crippen MR) is 117 cm³/mol. The van der Waals surface area contributed by atoms with Crippen LogP contribution in [0.4, 0.5) is 0 Å². The first kappa shape index (κ1) is 23.3. The number of nitrogens with one attached hydrogen (secondary N) is 1. The van der Waals surface area contributed by atoms with Crippen molar-refractivity contribution in [1.82, 2.24) is 14.5 Å². The van der Waals surface area contributed by atoms with E-state index in [-0.39, 0.29) is 15.5 Å². The fourth-order valence-corrected chi connectivity index (χ4v) is 4.64.